The maximum Gasteiger partial charge on any atom is 0.255 e. The zero-order chi connectivity index (χ0) is 49.5. The molecule has 1 aliphatic rings. The van der Waals surface area contributed by atoms with Gasteiger partial charge < -0.3 is 41.6 Å². The van der Waals surface area contributed by atoms with Gasteiger partial charge in [0.2, 0.25) is 17.7 Å². The molecule has 16 nitrogen and oxygen atoms in total. The molecule has 17 heteroatoms. The highest BCUT2D eigenvalue weighted by Crippen LogP contribution is 2.31. The minimum atomic E-state index is -0.985. The van der Waals surface area contributed by atoms with Crippen molar-refractivity contribution < 1.29 is 29.1 Å². The van der Waals surface area contributed by atoms with Crippen LogP contribution in [-0.2, 0) is 14.4 Å². The van der Waals surface area contributed by atoms with E-state index in [9.17, 15) is 29.1 Å². The standard InChI is InChI=1S/C53H56N10O6S/c1-31(33-15-17-34(18-16-33)47-32(2)58-30-70-47)59-51(68)44-25-39(64)28-63(44)52(69)48(53(3,4)5)62-46(65)14-9-23-54-49(66)35-19-21-36(22-20-35)50(67)61-38-11-8-10-37(24-38)60-45-26-43(56-29-57-45)41-27-55-42-13-7-6-12-40(41)42/h6-8,10-13,15-22,24,26-27,29-31,39,44,48,55,64H,9,14,23,25,28H2,1-5H3,(H,54,66)(H,59,68)(H,61,67)(H,62,65)(H,56,57,60). The number of aryl methyl sites for hydroxylation is 1. The van der Waals surface area contributed by atoms with Crippen LogP contribution < -0.4 is 26.6 Å². The van der Waals surface area contributed by atoms with Gasteiger partial charge in [0.05, 0.1) is 33.9 Å². The Labute approximate surface area is 409 Å². The number of aromatic nitrogens is 4. The van der Waals surface area contributed by atoms with Crippen molar-refractivity contribution in [2.45, 2.75) is 78.1 Å². The van der Waals surface area contributed by atoms with Crippen LogP contribution in [0, 0.1) is 12.3 Å². The maximum atomic E-state index is 14.1. The molecule has 4 unspecified atom stereocenters. The maximum absolute atomic E-state index is 14.1. The van der Waals surface area contributed by atoms with Crippen LogP contribution in [0.15, 0.2) is 121 Å². The minimum absolute atomic E-state index is 0.0203. The molecule has 1 fully saturated rings. The zero-order valence-electron chi connectivity index (χ0n) is 39.6. The number of carbonyl (C=O) groups excluding carboxylic acids is 5. The van der Waals surface area contributed by atoms with Crippen molar-refractivity contribution in [3.63, 3.8) is 0 Å². The monoisotopic (exact) mass is 960 g/mol. The number of aromatic amines is 1. The molecule has 4 aromatic carbocycles. The second-order valence-electron chi connectivity index (χ2n) is 18.5. The molecular formula is C53H56N10O6S. The summed E-state index contributed by atoms with van der Waals surface area (Å²) in [5.74, 6) is -1.39. The van der Waals surface area contributed by atoms with Gasteiger partial charge in [-0.15, -0.1) is 11.3 Å². The molecule has 0 spiro atoms. The number of para-hydroxylation sites is 1. The molecule has 1 aliphatic heterocycles. The number of H-pyrrole nitrogens is 1. The number of fused-ring (bicyclic) bond motifs is 1. The number of benzene rings is 4. The summed E-state index contributed by atoms with van der Waals surface area (Å²) < 4.78 is 0. The fourth-order valence-corrected chi connectivity index (χ4v) is 9.27. The van der Waals surface area contributed by atoms with Crippen LogP contribution in [0.1, 0.15) is 85.0 Å². The second kappa shape index (κ2) is 21.3. The molecule has 0 saturated carbocycles. The third-order valence-corrected chi connectivity index (χ3v) is 13.2. The summed E-state index contributed by atoms with van der Waals surface area (Å²) in [7, 11) is 0. The normalized spacial score (nSPS) is 15.5. The largest absolute Gasteiger partial charge is 0.391 e. The first-order chi connectivity index (χ1) is 33.6. The van der Waals surface area contributed by atoms with E-state index < -0.39 is 35.4 Å². The van der Waals surface area contributed by atoms with Gasteiger partial charge in [-0.05, 0) is 85.3 Å². The summed E-state index contributed by atoms with van der Waals surface area (Å²) in [4.78, 5) is 86.2. The Kier molecular flexibility index (Phi) is 14.8. The first-order valence-electron chi connectivity index (χ1n) is 23.1. The summed E-state index contributed by atoms with van der Waals surface area (Å²) in [5.41, 5.74) is 8.62. The number of anilines is 3. The molecule has 70 heavy (non-hydrogen) atoms. The van der Waals surface area contributed by atoms with E-state index >= 15 is 0 Å². The van der Waals surface area contributed by atoms with Crippen molar-refractivity contribution in [3.8, 4) is 21.7 Å². The number of thiazole rings is 1. The van der Waals surface area contributed by atoms with E-state index in [1.54, 1.807) is 47.7 Å². The summed E-state index contributed by atoms with van der Waals surface area (Å²) >= 11 is 1.56. The number of hydrogen-bond acceptors (Lipinski definition) is 11. The van der Waals surface area contributed by atoms with Crippen molar-refractivity contribution in [3.05, 3.63) is 144 Å². The number of nitrogens with zero attached hydrogens (tertiary/aromatic N) is 4. The van der Waals surface area contributed by atoms with Crippen LogP contribution in [0.25, 0.3) is 32.6 Å². The highest BCUT2D eigenvalue weighted by molar-refractivity contribution is 7.13. The van der Waals surface area contributed by atoms with Gasteiger partial charge in [-0.1, -0.05) is 69.3 Å². The van der Waals surface area contributed by atoms with E-state index in [1.807, 2.05) is 113 Å². The van der Waals surface area contributed by atoms with Crippen LogP contribution in [0.5, 0.6) is 0 Å². The van der Waals surface area contributed by atoms with Gasteiger partial charge in [0.15, 0.2) is 0 Å². The number of carbonyl (C=O) groups is 5. The number of β-amino-alcohol motifs (C(OH)–C–C–N with tert-alkyl or cyclic N) is 1. The Morgan fingerprint density at radius 1 is 0.857 bits per heavy atom. The number of hydrogen-bond donors (Lipinski definition) is 7. The molecule has 0 aliphatic carbocycles. The van der Waals surface area contributed by atoms with Gasteiger partial charge in [-0.2, -0.15) is 0 Å². The fourth-order valence-electron chi connectivity index (χ4n) is 8.46. The van der Waals surface area contributed by atoms with E-state index in [0.29, 0.717) is 28.3 Å². The number of rotatable bonds is 16. The molecule has 8 rings (SSSR count). The van der Waals surface area contributed by atoms with E-state index in [4.69, 9.17) is 0 Å². The number of nitrogens with one attached hydrogen (secondary N) is 6. The molecule has 360 valence electrons. The van der Waals surface area contributed by atoms with Gasteiger partial charge in [0, 0.05) is 77.2 Å². The second-order valence-corrected chi connectivity index (χ2v) is 19.4. The van der Waals surface area contributed by atoms with Crippen molar-refractivity contribution in [2.24, 2.45) is 5.41 Å². The van der Waals surface area contributed by atoms with Crippen LogP contribution in [-0.4, -0.2) is 90.8 Å². The minimum Gasteiger partial charge on any atom is -0.391 e. The average molecular weight is 961 g/mol. The summed E-state index contributed by atoms with van der Waals surface area (Å²) in [6, 6.07) is 28.9. The first kappa shape index (κ1) is 48.7. The molecular weight excluding hydrogens is 905 g/mol. The number of aliphatic hydroxyl groups is 1. The lowest BCUT2D eigenvalue weighted by molar-refractivity contribution is -0.144. The predicted octanol–water partition coefficient (Wildman–Crippen LogP) is 7.93. The Morgan fingerprint density at radius 2 is 1.59 bits per heavy atom. The molecule has 5 amide bonds. The smallest absolute Gasteiger partial charge is 0.255 e. The van der Waals surface area contributed by atoms with Gasteiger partial charge >= 0.3 is 0 Å². The van der Waals surface area contributed by atoms with Gasteiger partial charge in [-0.25, -0.2) is 15.0 Å². The highest BCUT2D eigenvalue weighted by atomic mass is 32.1. The van der Waals surface area contributed by atoms with Crippen LogP contribution in [0.4, 0.5) is 17.2 Å². The average Bonchev–Trinajstić information content (AvgIpc) is 4.10. The van der Waals surface area contributed by atoms with Crippen LogP contribution >= 0.6 is 11.3 Å². The van der Waals surface area contributed by atoms with Gasteiger partial charge in [0.1, 0.15) is 24.2 Å². The SMILES string of the molecule is Cc1ncsc1-c1ccc(C(C)NC(=O)C2CC(O)CN2C(=O)C(NC(=O)CCCNC(=O)c2ccc(C(=O)Nc3cccc(Nc4cc(-c5c[nH]c6ccccc56)ncn4)c3)cc2)C(C)(C)C)cc1. The van der Waals surface area contributed by atoms with Gasteiger partial charge in [-0.3, -0.25) is 24.0 Å². The lowest BCUT2D eigenvalue weighted by Gasteiger charge is -2.35. The Balaban J connectivity index is 0.790. The summed E-state index contributed by atoms with van der Waals surface area (Å²) in [6.07, 6.45) is 2.90. The van der Waals surface area contributed by atoms with Crippen LogP contribution in [0.3, 0.4) is 0 Å². The summed E-state index contributed by atoms with van der Waals surface area (Å²) in [5, 5.41) is 26.6. The Hall–Kier alpha value is -7.76. The lowest BCUT2D eigenvalue weighted by Crippen LogP contribution is -2.57. The number of amides is 5. The van der Waals surface area contributed by atoms with Crippen molar-refractivity contribution in [2.75, 3.05) is 23.7 Å². The zero-order valence-corrected chi connectivity index (χ0v) is 40.4. The Morgan fingerprint density at radius 3 is 2.31 bits per heavy atom. The molecule has 7 N–H and O–H groups in total. The predicted molar refractivity (Wildman–Crippen MR) is 271 cm³/mol. The Bertz CT molecular complexity index is 3020. The molecule has 4 atom stereocenters. The van der Waals surface area contributed by atoms with Crippen molar-refractivity contribution in [1.29, 1.82) is 0 Å². The van der Waals surface area contributed by atoms with Gasteiger partial charge in [0.25, 0.3) is 11.8 Å². The molecule has 3 aromatic heterocycles. The quantitative estimate of drug-likeness (QED) is 0.0463. The lowest BCUT2D eigenvalue weighted by atomic mass is 9.85. The topological polar surface area (TPSA) is 223 Å². The fraction of sp³-hybridized carbons (Fsp3) is 0.283. The first-order valence-corrected chi connectivity index (χ1v) is 24.0. The number of aliphatic hydroxyl groups excluding tert-OH is 1. The van der Waals surface area contributed by atoms with E-state index in [2.05, 4.69) is 46.5 Å². The third-order valence-electron chi connectivity index (χ3n) is 12.3. The van der Waals surface area contributed by atoms with E-state index in [-0.39, 0.29) is 56.1 Å². The molecule has 4 heterocycles. The van der Waals surface area contributed by atoms with E-state index in [1.165, 1.54) is 11.2 Å². The summed E-state index contributed by atoms with van der Waals surface area (Å²) in [6.45, 7) is 9.44. The molecule has 0 bridgehead atoms. The molecule has 7 aromatic rings. The molecule has 0 radical (unpaired) electrons. The van der Waals surface area contributed by atoms with Crippen LogP contribution in [0.2, 0.25) is 0 Å². The van der Waals surface area contributed by atoms with Crippen molar-refractivity contribution in [1.82, 2.24) is 40.8 Å². The molecule has 1 saturated heterocycles. The third kappa shape index (κ3) is 11.6. The van der Waals surface area contributed by atoms with Crippen molar-refractivity contribution >= 4 is 69.0 Å². The highest BCUT2D eigenvalue weighted by Gasteiger charge is 2.44. The number of likely N-dealkylation sites (tertiary alicyclic amines) is 1. The van der Waals surface area contributed by atoms with E-state index in [0.717, 1.165) is 43.9 Å².